The Morgan fingerprint density at radius 3 is 2.76 bits per heavy atom. The van der Waals surface area contributed by atoms with Gasteiger partial charge in [0.2, 0.25) is 11.8 Å². The minimum absolute atomic E-state index is 0.0430. The predicted molar refractivity (Wildman–Crippen MR) is 97.2 cm³/mol. The molecule has 0 unspecified atom stereocenters. The Balaban J connectivity index is 1.80. The third-order valence-electron chi connectivity index (χ3n) is 4.44. The van der Waals surface area contributed by atoms with E-state index in [-0.39, 0.29) is 24.4 Å². The molecule has 0 bridgehead atoms. The fraction of sp³-hybridized carbons (Fsp3) is 0.316. The molecule has 25 heavy (non-hydrogen) atoms. The number of aromatic nitrogens is 1. The van der Waals surface area contributed by atoms with Crippen LogP contribution in [0.4, 0.5) is 11.4 Å². The molecule has 0 saturated carbocycles. The maximum atomic E-state index is 13.1. The Labute approximate surface area is 147 Å². The van der Waals surface area contributed by atoms with Crippen LogP contribution < -0.4 is 10.2 Å². The summed E-state index contributed by atoms with van der Waals surface area (Å²) in [6.45, 7) is 5.24. The fourth-order valence-corrected chi connectivity index (χ4v) is 3.03. The summed E-state index contributed by atoms with van der Waals surface area (Å²) < 4.78 is 0. The zero-order chi connectivity index (χ0) is 17.8. The van der Waals surface area contributed by atoms with Gasteiger partial charge in [0.1, 0.15) is 6.54 Å². The van der Waals surface area contributed by atoms with Gasteiger partial charge < -0.3 is 5.32 Å². The molecule has 1 aromatic heterocycles. The van der Waals surface area contributed by atoms with E-state index in [1.165, 1.54) is 0 Å². The van der Waals surface area contributed by atoms with E-state index in [1.807, 2.05) is 56.3 Å². The summed E-state index contributed by atoms with van der Waals surface area (Å²) >= 11 is 0. The smallest absolute Gasteiger partial charge is 0.244 e. The molecular weight excluding hydrogens is 316 g/mol. The minimum atomic E-state index is -0.356. The average Bonchev–Trinajstić information content (AvgIpc) is 2.65. The van der Waals surface area contributed by atoms with E-state index < -0.39 is 0 Å². The summed E-state index contributed by atoms with van der Waals surface area (Å²) in [5, 5.41) is 2.81. The van der Waals surface area contributed by atoms with Gasteiger partial charge in [0.25, 0.3) is 0 Å². The first-order valence-electron chi connectivity index (χ1n) is 8.44. The molecule has 6 nitrogen and oxygen atoms in total. The number of carbonyl (C=O) groups is 2. The van der Waals surface area contributed by atoms with Gasteiger partial charge in [-0.2, -0.15) is 0 Å². The third kappa shape index (κ3) is 3.69. The van der Waals surface area contributed by atoms with E-state index in [9.17, 15) is 9.59 Å². The van der Waals surface area contributed by atoms with Gasteiger partial charge in [0, 0.05) is 12.7 Å². The Kier molecular flexibility index (Phi) is 5.09. The lowest BCUT2D eigenvalue weighted by Gasteiger charge is -2.34. The maximum Gasteiger partial charge on any atom is 0.244 e. The van der Waals surface area contributed by atoms with Crippen LogP contribution in [0.3, 0.4) is 0 Å². The van der Waals surface area contributed by atoms with E-state index in [1.54, 1.807) is 11.1 Å². The molecule has 2 amide bonds. The number of pyridine rings is 1. The average molecular weight is 338 g/mol. The first kappa shape index (κ1) is 17.1. The van der Waals surface area contributed by atoms with Crippen LogP contribution in [0, 0.1) is 0 Å². The highest BCUT2D eigenvalue weighted by Crippen LogP contribution is 2.29. The van der Waals surface area contributed by atoms with Crippen LogP contribution in [0.2, 0.25) is 0 Å². The van der Waals surface area contributed by atoms with Crippen LogP contribution in [0.15, 0.2) is 48.7 Å². The van der Waals surface area contributed by atoms with Gasteiger partial charge in [-0.1, -0.05) is 25.1 Å². The first-order chi connectivity index (χ1) is 12.1. The van der Waals surface area contributed by atoms with E-state index >= 15 is 0 Å². The molecular formula is C19H22N4O2. The van der Waals surface area contributed by atoms with Crippen molar-refractivity contribution < 1.29 is 9.59 Å². The number of para-hydroxylation sites is 2. The molecule has 1 aliphatic heterocycles. The molecule has 0 spiro atoms. The standard InChI is InChI=1S/C19H22N4O2/c1-3-22(12-15-8-6-7-11-20-15)14(2)19(25)23-13-18(24)21-16-9-4-5-10-17(16)23/h4-11,14H,3,12-13H2,1-2H3,(H,21,24)/t14-/m1/s1. The normalized spacial score (nSPS) is 14.8. The number of benzene rings is 1. The second-order valence-corrected chi connectivity index (χ2v) is 6.05. The van der Waals surface area contributed by atoms with Gasteiger partial charge in [0.15, 0.2) is 0 Å². The van der Waals surface area contributed by atoms with Gasteiger partial charge >= 0.3 is 0 Å². The topological polar surface area (TPSA) is 65.5 Å². The molecule has 0 saturated heterocycles. The SMILES string of the molecule is CCN(Cc1ccccn1)[C@H](C)C(=O)N1CC(=O)Nc2ccccc21. The van der Waals surface area contributed by atoms with Crippen molar-refractivity contribution in [3.8, 4) is 0 Å². The molecule has 1 aliphatic rings. The van der Waals surface area contributed by atoms with E-state index in [0.29, 0.717) is 18.8 Å². The molecule has 0 aliphatic carbocycles. The molecule has 1 atom stereocenters. The summed E-state index contributed by atoms with van der Waals surface area (Å²) in [6, 6.07) is 12.8. The van der Waals surface area contributed by atoms with E-state index in [2.05, 4.69) is 15.2 Å². The van der Waals surface area contributed by atoms with Gasteiger partial charge in [-0.25, -0.2) is 0 Å². The van der Waals surface area contributed by atoms with Crippen LogP contribution in [0.5, 0.6) is 0 Å². The van der Waals surface area contributed by atoms with Crippen molar-refractivity contribution in [3.63, 3.8) is 0 Å². The lowest BCUT2D eigenvalue weighted by molar-refractivity contribution is -0.125. The molecule has 3 rings (SSSR count). The van der Waals surface area contributed by atoms with Crippen LogP contribution in [-0.4, -0.2) is 40.8 Å². The largest absolute Gasteiger partial charge is 0.323 e. The van der Waals surface area contributed by atoms with Gasteiger partial charge in [-0.05, 0) is 37.7 Å². The van der Waals surface area contributed by atoms with Crippen LogP contribution in [0.1, 0.15) is 19.5 Å². The van der Waals surface area contributed by atoms with E-state index in [0.717, 1.165) is 11.4 Å². The number of likely N-dealkylation sites (N-methyl/N-ethyl adjacent to an activating group) is 1. The predicted octanol–water partition coefficient (Wildman–Crippen LogP) is 2.28. The molecule has 2 aromatic rings. The number of amides is 2. The number of nitrogens with one attached hydrogen (secondary N) is 1. The number of carbonyl (C=O) groups excluding carboxylic acids is 2. The Morgan fingerprint density at radius 2 is 2.04 bits per heavy atom. The number of hydrogen-bond acceptors (Lipinski definition) is 4. The third-order valence-corrected chi connectivity index (χ3v) is 4.44. The monoisotopic (exact) mass is 338 g/mol. The van der Waals surface area contributed by atoms with Crippen LogP contribution >= 0.6 is 0 Å². The minimum Gasteiger partial charge on any atom is -0.323 e. The maximum absolute atomic E-state index is 13.1. The van der Waals surface area contributed by atoms with Crippen molar-refractivity contribution in [2.24, 2.45) is 0 Å². The Bertz CT molecular complexity index is 763. The summed E-state index contributed by atoms with van der Waals surface area (Å²) in [4.78, 5) is 33.0. The molecule has 0 fully saturated rings. The number of nitrogens with zero attached hydrogens (tertiary/aromatic N) is 3. The zero-order valence-corrected chi connectivity index (χ0v) is 14.5. The molecule has 130 valence electrons. The van der Waals surface area contributed by atoms with Crippen molar-refractivity contribution in [1.82, 2.24) is 9.88 Å². The quantitative estimate of drug-likeness (QED) is 0.908. The summed E-state index contributed by atoms with van der Waals surface area (Å²) in [5.74, 6) is -0.257. The molecule has 2 heterocycles. The van der Waals surface area contributed by atoms with Crippen LogP contribution in [0.25, 0.3) is 0 Å². The van der Waals surface area contributed by atoms with Crippen molar-refractivity contribution in [1.29, 1.82) is 0 Å². The Hall–Kier alpha value is -2.73. The fourth-order valence-electron chi connectivity index (χ4n) is 3.03. The summed E-state index contributed by atoms with van der Waals surface area (Å²) in [5.41, 5.74) is 2.33. The number of rotatable bonds is 5. The summed E-state index contributed by atoms with van der Waals surface area (Å²) in [7, 11) is 0. The lowest BCUT2D eigenvalue weighted by atomic mass is 10.1. The number of fused-ring (bicyclic) bond motifs is 1. The highest BCUT2D eigenvalue weighted by Gasteiger charge is 2.31. The van der Waals surface area contributed by atoms with Gasteiger partial charge in [-0.3, -0.25) is 24.4 Å². The molecule has 0 radical (unpaired) electrons. The Morgan fingerprint density at radius 1 is 1.28 bits per heavy atom. The van der Waals surface area contributed by atoms with Crippen molar-refractivity contribution >= 4 is 23.2 Å². The van der Waals surface area contributed by atoms with Gasteiger partial charge in [0.05, 0.1) is 23.1 Å². The number of hydrogen-bond donors (Lipinski definition) is 1. The van der Waals surface area contributed by atoms with Crippen LogP contribution in [-0.2, 0) is 16.1 Å². The highest BCUT2D eigenvalue weighted by molar-refractivity contribution is 6.11. The molecule has 6 heteroatoms. The van der Waals surface area contributed by atoms with Crippen molar-refractivity contribution in [2.75, 3.05) is 23.3 Å². The highest BCUT2D eigenvalue weighted by atomic mass is 16.2. The van der Waals surface area contributed by atoms with Crippen molar-refractivity contribution in [3.05, 3.63) is 54.4 Å². The molecule has 1 aromatic carbocycles. The molecule has 1 N–H and O–H groups in total. The van der Waals surface area contributed by atoms with E-state index in [4.69, 9.17) is 0 Å². The second-order valence-electron chi connectivity index (χ2n) is 6.05. The van der Waals surface area contributed by atoms with Crippen molar-refractivity contribution in [2.45, 2.75) is 26.4 Å². The summed E-state index contributed by atoms with van der Waals surface area (Å²) in [6.07, 6.45) is 1.75. The lowest BCUT2D eigenvalue weighted by Crippen LogP contribution is -2.51. The first-order valence-corrected chi connectivity index (χ1v) is 8.44. The number of anilines is 2. The second kappa shape index (κ2) is 7.44. The zero-order valence-electron chi connectivity index (χ0n) is 14.5. The van der Waals surface area contributed by atoms with Gasteiger partial charge in [-0.15, -0.1) is 0 Å².